The van der Waals surface area contributed by atoms with Gasteiger partial charge >= 0.3 is 0 Å². The Morgan fingerprint density at radius 3 is 0.673 bits per heavy atom. The van der Waals surface area contributed by atoms with Crippen LogP contribution >= 0.6 is 0 Å². The summed E-state index contributed by atoms with van der Waals surface area (Å²) in [5.41, 5.74) is 3.55. The van der Waals surface area contributed by atoms with Crippen LogP contribution in [0.3, 0.4) is 0 Å². The second-order valence-corrected chi connectivity index (χ2v) is 47.6. The van der Waals surface area contributed by atoms with E-state index in [1.807, 2.05) is 110 Å². The van der Waals surface area contributed by atoms with E-state index in [-0.39, 0.29) is 87.4 Å². The van der Waals surface area contributed by atoms with Crippen LogP contribution in [-0.4, -0.2) is 95.1 Å². The Kier molecular flexibility index (Phi) is 56.3. The molecule has 0 aliphatic rings. The number of rotatable bonds is 9. The van der Waals surface area contributed by atoms with E-state index in [4.69, 9.17) is 4.11 Å². The van der Waals surface area contributed by atoms with E-state index in [2.05, 4.69) is 443 Å². The molecule has 0 atom stereocenters. The third-order valence-corrected chi connectivity index (χ3v) is 10.3. The Morgan fingerprint density at radius 1 is 0.236 bits per heavy atom. The van der Waals surface area contributed by atoms with Gasteiger partial charge in [-0.3, -0.25) is 39.9 Å². The third kappa shape index (κ3) is 167. The van der Waals surface area contributed by atoms with Crippen LogP contribution in [0.2, 0.25) is 0 Å². The van der Waals surface area contributed by atoms with E-state index in [9.17, 15) is 0 Å². The molecular formula is C100H192N10. The van der Waals surface area contributed by atoms with Crippen LogP contribution in [0.5, 0.6) is 0 Å². The number of hydrogen-bond acceptors (Lipinski definition) is 8. The van der Waals surface area contributed by atoms with Gasteiger partial charge in [0.25, 0.3) is 0 Å². The Morgan fingerprint density at radius 2 is 0.473 bits per heavy atom. The topological polar surface area (TPSA) is 124 Å². The number of aliphatic imine (C=N–C) groups is 10. The summed E-state index contributed by atoms with van der Waals surface area (Å²) in [7, 11) is 0. The van der Waals surface area contributed by atoms with Crippen molar-refractivity contribution < 1.29 is 4.11 Å². The summed E-state index contributed by atoms with van der Waals surface area (Å²) < 4.78 is 22.4. The predicted molar refractivity (Wildman–Crippen MR) is 519 cm³/mol. The van der Waals surface area contributed by atoms with Crippen LogP contribution in [0.15, 0.2) is 147 Å². The molecule has 642 valence electrons. The molecule has 0 radical (unpaired) electrons. The highest BCUT2D eigenvalue weighted by molar-refractivity contribution is 5.93. The molecule has 0 spiro atoms. The van der Waals surface area contributed by atoms with Crippen molar-refractivity contribution in [3.05, 3.63) is 97.0 Å². The molecule has 0 aromatic carbocycles. The zero-order chi connectivity index (χ0) is 92.7. The average Bonchev–Trinajstić information content (AvgIpc) is 0.857. The van der Waals surface area contributed by atoms with Gasteiger partial charge in [0.05, 0.1) is 33.2 Å². The lowest BCUT2D eigenvalue weighted by atomic mass is 9.94. The minimum absolute atomic E-state index is 0.0186. The second-order valence-electron chi connectivity index (χ2n) is 47.6. The number of nitrogens with zero attached hydrogens (tertiary/aromatic N) is 10. The molecule has 0 amide bonds. The van der Waals surface area contributed by atoms with Crippen molar-refractivity contribution in [3.8, 4) is 0 Å². The molecule has 0 heterocycles. The Bertz CT molecular complexity index is 2470. The fraction of sp³-hybridized carbons (Fsp3) is 0.740. The standard InChI is InChI=1S/2C12H23N.C12H22.4C11H21N.2C10H20N2/c1-10(8-11(2,3)4)9-13-12(5,6)7;1-10(13-12(5,6)7)8-9-11(2,3)4;1-11(2,3)9-7-8-10-12(4,5)6;2*1-10(2,3)7-8-12-9-11(4,5)6;2*1-10(2,3)8-7-9-12-11(4,5)6;2*1-9(2,3)7-11-8-12-10(4,5)6/h2*8-9H,1-7H3;7-10H,1-6H3;4*7-9H,1-6H3;2*7-8H,1-6H3/b10-8-,13-9?;9-8-,13-10?;9-7-,10-8-;4*8-7-,12-9?;;/i1D3;;;;;;;;. The summed E-state index contributed by atoms with van der Waals surface area (Å²) in [6.45, 7) is 114. The van der Waals surface area contributed by atoms with Gasteiger partial charge in [-0.15, -0.1) is 0 Å². The average molecular weight is 1540 g/mol. The quantitative estimate of drug-likeness (QED) is 0.124. The SMILES string of the molecule is CC(/C=C\C(C)(C)C)=NC(C)(C)C.CC(C)(C)/C=C\C=C/C(C)(C)C.CC(C)(C)/C=C\C=NC(C)(C)C.CC(C)(C)/C=C\C=NC(C)(C)C.CC(C)(C)C=N/C=C\C(C)(C)C.CC(C)(C)C=N/C=C\C(C)(C)C.CC(C)(C)C=NC=NC(C)(C)C.CC(C)(C)C=NC=NC(C)(C)C.[2H]C([2H])([2H])/C(C=NC(C)(C)C)=C/C(C)(C)C. The van der Waals surface area contributed by atoms with Crippen molar-refractivity contribution >= 4 is 61.9 Å². The van der Waals surface area contributed by atoms with E-state index in [0.29, 0.717) is 16.4 Å². The molecule has 10 nitrogen and oxygen atoms in total. The molecule has 0 unspecified atom stereocenters. The molecule has 0 fully saturated rings. The largest absolute Gasteiger partial charge is 0.287 e. The van der Waals surface area contributed by atoms with Crippen LogP contribution < -0.4 is 0 Å². The Labute approximate surface area is 695 Å². The van der Waals surface area contributed by atoms with E-state index in [1.54, 1.807) is 18.8 Å². The van der Waals surface area contributed by atoms with Crippen molar-refractivity contribution in [2.45, 2.75) is 421 Å². The van der Waals surface area contributed by atoms with Gasteiger partial charge in [0.2, 0.25) is 0 Å². The minimum atomic E-state index is -2.10. The second kappa shape index (κ2) is 53.6. The van der Waals surface area contributed by atoms with Crippen molar-refractivity contribution in [2.24, 2.45) is 115 Å². The summed E-state index contributed by atoms with van der Waals surface area (Å²) in [6.07, 6.45) is 47.3. The Balaban J connectivity index is -0.000000154. The molecule has 0 bridgehead atoms. The summed E-state index contributed by atoms with van der Waals surface area (Å²) in [6, 6.07) is 0. The zero-order valence-electron chi connectivity index (χ0n) is 86.8. The fourth-order valence-electron chi connectivity index (χ4n) is 5.58. The first-order valence-corrected chi connectivity index (χ1v) is 40.3. The molecule has 0 aliphatic heterocycles. The van der Waals surface area contributed by atoms with Crippen LogP contribution in [-0.2, 0) is 0 Å². The summed E-state index contributed by atoms with van der Waals surface area (Å²) in [5.74, 6) is 0. The molecule has 0 aromatic heterocycles. The fourth-order valence-corrected chi connectivity index (χ4v) is 5.58. The third-order valence-electron chi connectivity index (χ3n) is 10.3. The van der Waals surface area contributed by atoms with Gasteiger partial charge in [0.1, 0.15) is 12.7 Å². The highest BCUT2D eigenvalue weighted by atomic mass is 14.9. The molecule has 0 aliphatic carbocycles. The van der Waals surface area contributed by atoms with Crippen LogP contribution in [0.4, 0.5) is 0 Å². The monoisotopic (exact) mass is 1540 g/mol. The molecule has 0 N–H and O–H groups in total. The highest BCUT2D eigenvalue weighted by Crippen LogP contribution is 2.22. The molecule has 0 saturated heterocycles. The van der Waals surface area contributed by atoms with Crippen molar-refractivity contribution in [1.82, 2.24) is 0 Å². The van der Waals surface area contributed by atoms with Crippen molar-refractivity contribution in [3.63, 3.8) is 0 Å². The molecule has 110 heavy (non-hydrogen) atoms. The molecule has 0 rings (SSSR count). The lowest BCUT2D eigenvalue weighted by Gasteiger charge is -2.14. The predicted octanol–water partition coefficient (Wildman–Crippen LogP) is 32.0. The smallest absolute Gasteiger partial charge is 0.110 e. The molecule has 0 saturated carbocycles. The maximum Gasteiger partial charge on any atom is 0.110 e. The van der Waals surface area contributed by atoms with Crippen LogP contribution in [0.1, 0.15) is 392 Å². The lowest BCUT2D eigenvalue weighted by Crippen LogP contribution is -2.12. The molecule has 0 aromatic rings. The van der Waals surface area contributed by atoms with Crippen LogP contribution in [0, 0.1) is 65.0 Å². The maximum atomic E-state index is 7.45. The normalized spacial score (nSPS) is 15.5. The molecule has 10 heteroatoms. The van der Waals surface area contributed by atoms with Gasteiger partial charge in [0, 0.05) is 65.7 Å². The van der Waals surface area contributed by atoms with E-state index >= 15 is 0 Å². The van der Waals surface area contributed by atoms with Gasteiger partial charge in [-0.2, -0.15) is 0 Å². The van der Waals surface area contributed by atoms with Gasteiger partial charge in [-0.05, 0) is 227 Å². The highest BCUT2D eigenvalue weighted by Gasteiger charge is 2.14. The molecular weight excluding hydrogens is 1340 g/mol. The van der Waals surface area contributed by atoms with Gasteiger partial charge in [-0.25, -0.2) is 9.98 Å². The van der Waals surface area contributed by atoms with Crippen LogP contribution in [0.25, 0.3) is 0 Å². The van der Waals surface area contributed by atoms with Gasteiger partial charge in [-0.1, -0.05) is 310 Å². The summed E-state index contributed by atoms with van der Waals surface area (Å²) in [5, 5.41) is 0. The summed E-state index contributed by atoms with van der Waals surface area (Å²) >= 11 is 0. The van der Waals surface area contributed by atoms with Gasteiger partial charge < -0.3 is 0 Å². The zero-order valence-corrected chi connectivity index (χ0v) is 83.8. The number of hydrogen-bond donors (Lipinski definition) is 0. The maximum absolute atomic E-state index is 7.45. The van der Waals surface area contributed by atoms with E-state index < -0.39 is 6.85 Å². The van der Waals surface area contributed by atoms with Gasteiger partial charge in [0.15, 0.2) is 0 Å². The van der Waals surface area contributed by atoms with Crippen molar-refractivity contribution in [1.29, 1.82) is 0 Å². The summed E-state index contributed by atoms with van der Waals surface area (Å²) in [4.78, 5) is 42.6. The number of allylic oxidation sites excluding steroid dienone is 14. The van der Waals surface area contributed by atoms with Crippen molar-refractivity contribution in [2.75, 3.05) is 0 Å². The van der Waals surface area contributed by atoms with E-state index in [0.717, 1.165) is 5.71 Å². The first kappa shape index (κ1) is 115. The Hall–Kier alpha value is -5.38. The minimum Gasteiger partial charge on any atom is -0.287 e. The first-order valence-electron chi connectivity index (χ1n) is 41.8. The lowest BCUT2D eigenvalue weighted by molar-refractivity contribution is 0.539. The van der Waals surface area contributed by atoms with E-state index in [1.165, 1.54) is 6.21 Å². The first-order chi connectivity index (χ1) is 48.9.